The minimum Gasteiger partial charge on any atom is -0.372 e. The number of amides is 3. The third-order valence-electron chi connectivity index (χ3n) is 6.38. The van der Waals surface area contributed by atoms with E-state index in [0.717, 1.165) is 18.9 Å². The van der Waals surface area contributed by atoms with Crippen LogP contribution in [0.25, 0.3) is 0 Å². The Morgan fingerprint density at radius 2 is 1.97 bits per heavy atom. The SMILES string of the molecule is CC1CCC(CN2CCC(O)(C(=O)NCc3cc(F)cc(Cl)c3)C2=O)(C(N)=O)CC1. The molecular weight excluding hydrogens is 413 g/mol. The zero-order valence-corrected chi connectivity index (χ0v) is 17.7. The molecule has 0 spiro atoms. The molecule has 1 saturated carbocycles. The fourth-order valence-electron chi connectivity index (χ4n) is 4.33. The summed E-state index contributed by atoms with van der Waals surface area (Å²) in [5, 5.41) is 13.4. The second-order valence-electron chi connectivity index (χ2n) is 8.62. The van der Waals surface area contributed by atoms with Crippen molar-refractivity contribution in [2.24, 2.45) is 17.1 Å². The summed E-state index contributed by atoms with van der Waals surface area (Å²) < 4.78 is 13.4. The molecule has 3 rings (SSSR count). The molecule has 1 aliphatic heterocycles. The predicted molar refractivity (Wildman–Crippen MR) is 109 cm³/mol. The highest BCUT2D eigenvalue weighted by Crippen LogP contribution is 2.40. The molecule has 1 atom stereocenters. The van der Waals surface area contributed by atoms with E-state index in [2.05, 4.69) is 12.2 Å². The van der Waals surface area contributed by atoms with Crippen LogP contribution in [0.1, 0.15) is 44.6 Å². The molecule has 0 radical (unpaired) electrons. The first-order chi connectivity index (χ1) is 14.1. The van der Waals surface area contributed by atoms with Crippen molar-refractivity contribution >= 4 is 29.3 Å². The molecule has 1 heterocycles. The van der Waals surface area contributed by atoms with Crippen molar-refractivity contribution in [1.82, 2.24) is 10.2 Å². The van der Waals surface area contributed by atoms with E-state index in [1.165, 1.54) is 17.0 Å². The molecule has 3 amide bonds. The number of benzene rings is 1. The van der Waals surface area contributed by atoms with Gasteiger partial charge in [0.15, 0.2) is 0 Å². The first kappa shape index (κ1) is 22.5. The van der Waals surface area contributed by atoms with Crippen molar-refractivity contribution in [3.8, 4) is 0 Å². The summed E-state index contributed by atoms with van der Waals surface area (Å²) in [6.07, 6.45) is 2.75. The molecule has 9 heteroatoms. The number of halogens is 2. The van der Waals surface area contributed by atoms with Crippen LogP contribution in [0.5, 0.6) is 0 Å². The van der Waals surface area contributed by atoms with Gasteiger partial charge in [-0.25, -0.2) is 4.39 Å². The van der Waals surface area contributed by atoms with Gasteiger partial charge in [0.25, 0.3) is 11.8 Å². The first-order valence-electron chi connectivity index (χ1n) is 10.1. The second-order valence-corrected chi connectivity index (χ2v) is 9.06. The van der Waals surface area contributed by atoms with Crippen LogP contribution in [-0.4, -0.2) is 46.4 Å². The van der Waals surface area contributed by atoms with Crippen LogP contribution >= 0.6 is 11.6 Å². The molecule has 4 N–H and O–H groups in total. The summed E-state index contributed by atoms with van der Waals surface area (Å²) in [4.78, 5) is 39.0. The van der Waals surface area contributed by atoms with Crippen LogP contribution in [0.15, 0.2) is 18.2 Å². The minimum absolute atomic E-state index is 0.0883. The van der Waals surface area contributed by atoms with Gasteiger partial charge in [-0.2, -0.15) is 0 Å². The van der Waals surface area contributed by atoms with Crippen LogP contribution in [0, 0.1) is 17.2 Å². The lowest BCUT2D eigenvalue weighted by atomic mass is 9.70. The van der Waals surface area contributed by atoms with E-state index < -0.39 is 34.6 Å². The Bertz CT molecular complexity index is 836. The van der Waals surface area contributed by atoms with E-state index in [4.69, 9.17) is 17.3 Å². The van der Waals surface area contributed by atoms with E-state index in [-0.39, 0.29) is 31.1 Å². The Balaban J connectivity index is 1.66. The number of nitrogens with one attached hydrogen (secondary N) is 1. The number of aliphatic hydroxyl groups is 1. The van der Waals surface area contributed by atoms with Crippen molar-refractivity contribution in [3.63, 3.8) is 0 Å². The van der Waals surface area contributed by atoms with Gasteiger partial charge in [0.2, 0.25) is 11.5 Å². The van der Waals surface area contributed by atoms with Crippen LogP contribution < -0.4 is 11.1 Å². The van der Waals surface area contributed by atoms with Gasteiger partial charge in [0.1, 0.15) is 5.82 Å². The quantitative estimate of drug-likeness (QED) is 0.586. The lowest BCUT2D eigenvalue weighted by Crippen LogP contribution is -2.55. The van der Waals surface area contributed by atoms with Crippen LogP contribution in [0.2, 0.25) is 5.02 Å². The lowest BCUT2D eigenvalue weighted by Gasteiger charge is -2.39. The van der Waals surface area contributed by atoms with Gasteiger partial charge in [0, 0.05) is 31.1 Å². The number of hydrogen-bond acceptors (Lipinski definition) is 4. The van der Waals surface area contributed by atoms with Crippen molar-refractivity contribution in [2.45, 2.75) is 51.2 Å². The molecule has 2 fully saturated rings. The number of carbonyl (C=O) groups is 3. The molecule has 0 bridgehead atoms. The standard InChI is InChI=1S/C21H27ClFN3O4/c1-13-2-4-20(5-3-13,17(24)27)12-26-7-6-21(30,19(26)29)18(28)25-11-14-8-15(22)10-16(23)9-14/h8-10,13,30H,2-7,11-12H2,1H3,(H2,24,27)(H,25,28). The molecule has 7 nitrogen and oxygen atoms in total. The van der Waals surface area contributed by atoms with Gasteiger partial charge in [0.05, 0.1) is 5.41 Å². The molecule has 0 aromatic heterocycles. The number of carbonyl (C=O) groups excluding carboxylic acids is 3. The highest BCUT2D eigenvalue weighted by Gasteiger charge is 2.53. The van der Waals surface area contributed by atoms with E-state index >= 15 is 0 Å². The monoisotopic (exact) mass is 439 g/mol. The van der Waals surface area contributed by atoms with Crippen molar-refractivity contribution in [2.75, 3.05) is 13.1 Å². The largest absolute Gasteiger partial charge is 0.372 e. The molecule has 1 aliphatic carbocycles. The van der Waals surface area contributed by atoms with E-state index in [1.54, 1.807) is 0 Å². The maximum atomic E-state index is 13.4. The Labute approximate surface area is 179 Å². The fourth-order valence-corrected chi connectivity index (χ4v) is 4.58. The second kappa shape index (κ2) is 8.51. The first-order valence-corrected chi connectivity index (χ1v) is 10.5. The Morgan fingerprint density at radius 3 is 2.57 bits per heavy atom. The van der Waals surface area contributed by atoms with Gasteiger partial charge in [-0.05, 0) is 55.4 Å². The molecule has 1 aromatic carbocycles. The number of nitrogens with two attached hydrogens (primary N) is 1. The highest BCUT2D eigenvalue weighted by atomic mass is 35.5. The van der Waals surface area contributed by atoms with Gasteiger partial charge < -0.3 is 21.1 Å². The predicted octanol–water partition coefficient (Wildman–Crippen LogP) is 1.74. The van der Waals surface area contributed by atoms with Crippen molar-refractivity contribution in [1.29, 1.82) is 0 Å². The van der Waals surface area contributed by atoms with Crippen molar-refractivity contribution < 1.29 is 23.9 Å². The summed E-state index contributed by atoms with van der Waals surface area (Å²) >= 11 is 5.80. The summed E-state index contributed by atoms with van der Waals surface area (Å²) in [7, 11) is 0. The Morgan fingerprint density at radius 1 is 1.30 bits per heavy atom. The average molecular weight is 440 g/mol. The normalized spacial score (nSPS) is 29.1. The summed E-state index contributed by atoms with van der Waals surface area (Å²) in [6, 6.07) is 3.83. The molecule has 30 heavy (non-hydrogen) atoms. The molecule has 1 saturated heterocycles. The Kier molecular flexibility index (Phi) is 6.38. The maximum Gasteiger partial charge on any atom is 0.264 e. The zero-order valence-electron chi connectivity index (χ0n) is 16.9. The van der Waals surface area contributed by atoms with Gasteiger partial charge in [-0.1, -0.05) is 18.5 Å². The van der Waals surface area contributed by atoms with Crippen LogP contribution in [0.4, 0.5) is 4.39 Å². The molecule has 2 aliphatic rings. The number of primary amides is 1. The molecule has 1 aromatic rings. The third-order valence-corrected chi connectivity index (χ3v) is 6.60. The van der Waals surface area contributed by atoms with Crippen LogP contribution in [-0.2, 0) is 20.9 Å². The number of nitrogens with zero attached hydrogens (tertiary/aromatic N) is 1. The topological polar surface area (TPSA) is 113 Å². The molecule has 164 valence electrons. The fraction of sp³-hybridized carbons (Fsp3) is 0.571. The molecule has 1 unspecified atom stereocenters. The van der Waals surface area contributed by atoms with Gasteiger partial charge in [-0.15, -0.1) is 0 Å². The summed E-state index contributed by atoms with van der Waals surface area (Å²) in [5.74, 6) is -2.11. The summed E-state index contributed by atoms with van der Waals surface area (Å²) in [6.45, 7) is 2.28. The lowest BCUT2D eigenvalue weighted by molar-refractivity contribution is -0.155. The third kappa shape index (κ3) is 4.44. The smallest absolute Gasteiger partial charge is 0.264 e. The van der Waals surface area contributed by atoms with Gasteiger partial charge in [-0.3, -0.25) is 14.4 Å². The minimum atomic E-state index is -2.22. The van der Waals surface area contributed by atoms with E-state index in [1.807, 2.05) is 0 Å². The molecular formula is C21H27ClFN3O4. The number of hydrogen-bond donors (Lipinski definition) is 3. The zero-order chi connectivity index (χ0) is 22.1. The van der Waals surface area contributed by atoms with Gasteiger partial charge >= 0.3 is 0 Å². The van der Waals surface area contributed by atoms with Crippen molar-refractivity contribution in [3.05, 3.63) is 34.6 Å². The maximum absolute atomic E-state index is 13.4. The highest BCUT2D eigenvalue weighted by molar-refractivity contribution is 6.30. The Hall–Kier alpha value is -2.19. The number of likely N-dealkylation sites (tertiary alicyclic amines) is 1. The van der Waals surface area contributed by atoms with E-state index in [0.29, 0.717) is 24.3 Å². The summed E-state index contributed by atoms with van der Waals surface area (Å²) in [5.41, 5.74) is 3.03. The van der Waals surface area contributed by atoms with E-state index in [9.17, 15) is 23.9 Å². The number of rotatable bonds is 6. The van der Waals surface area contributed by atoms with Crippen LogP contribution in [0.3, 0.4) is 0 Å². The average Bonchev–Trinajstić information content (AvgIpc) is 2.96.